The van der Waals surface area contributed by atoms with Crippen molar-refractivity contribution in [2.24, 2.45) is 0 Å². The zero-order chi connectivity index (χ0) is 12.3. The summed E-state index contributed by atoms with van der Waals surface area (Å²) in [6, 6.07) is 0. The van der Waals surface area contributed by atoms with Crippen molar-refractivity contribution in [2.45, 2.75) is 20.3 Å². The number of aromatic nitrogens is 1. The van der Waals surface area contributed by atoms with Gasteiger partial charge < -0.3 is 4.74 Å². The highest BCUT2D eigenvalue weighted by Gasteiger charge is 2.24. The second-order valence-corrected chi connectivity index (χ2v) is 3.38. The number of carbonyl (C=O) groups is 1. The highest BCUT2D eigenvalue weighted by molar-refractivity contribution is 6.32. The monoisotopic (exact) mass is 249 g/mol. The maximum absolute atomic E-state index is 12.7. The summed E-state index contributed by atoms with van der Waals surface area (Å²) in [7, 11) is 0. The molecule has 0 spiro atoms. The Kier molecular flexibility index (Phi) is 4.18. The van der Waals surface area contributed by atoms with Crippen molar-refractivity contribution in [1.29, 1.82) is 0 Å². The molecule has 0 radical (unpaired) electrons. The molecule has 1 aromatic heterocycles. The zero-order valence-electron chi connectivity index (χ0n) is 8.76. The first kappa shape index (κ1) is 12.8. The normalized spacial score (nSPS) is 10.6. The van der Waals surface area contributed by atoms with Crippen molar-refractivity contribution in [3.63, 3.8) is 0 Å². The summed E-state index contributed by atoms with van der Waals surface area (Å²) in [5, 5.41) is -0.194. The minimum atomic E-state index is -2.84. The van der Waals surface area contributed by atoms with Gasteiger partial charge in [0, 0.05) is 6.20 Å². The van der Waals surface area contributed by atoms with Crippen LogP contribution in [0.3, 0.4) is 0 Å². The summed E-state index contributed by atoms with van der Waals surface area (Å²) in [6.45, 7) is 3.18. The van der Waals surface area contributed by atoms with Crippen LogP contribution in [0.4, 0.5) is 8.78 Å². The molecule has 1 heterocycles. The van der Waals surface area contributed by atoms with Gasteiger partial charge in [0.2, 0.25) is 0 Å². The van der Waals surface area contributed by atoms with Crippen molar-refractivity contribution in [2.75, 3.05) is 6.61 Å². The predicted molar refractivity (Wildman–Crippen MR) is 54.9 cm³/mol. The van der Waals surface area contributed by atoms with Crippen LogP contribution in [0.1, 0.15) is 35.0 Å². The van der Waals surface area contributed by atoms with Crippen LogP contribution >= 0.6 is 11.6 Å². The van der Waals surface area contributed by atoms with Gasteiger partial charge in [-0.15, -0.1) is 0 Å². The van der Waals surface area contributed by atoms with Gasteiger partial charge in [-0.05, 0) is 13.8 Å². The van der Waals surface area contributed by atoms with Crippen LogP contribution in [-0.4, -0.2) is 17.6 Å². The number of rotatable bonds is 3. The van der Waals surface area contributed by atoms with E-state index in [1.54, 1.807) is 6.92 Å². The molecule has 0 bridgehead atoms. The first-order valence-electron chi connectivity index (χ1n) is 4.59. The molecule has 0 saturated heterocycles. The van der Waals surface area contributed by atoms with Crippen LogP contribution in [0.25, 0.3) is 0 Å². The van der Waals surface area contributed by atoms with E-state index < -0.39 is 18.0 Å². The third kappa shape index (κ3) is 2.47. The fourth-order valence-electron chi connectivity index (χ4n) is 1.19. The van der Waals surface area contributed by atoms with E-state index in [0.29, 0.717) is 0 Å². The first-order chi connectivity index (χ1) is 7.49. The van der Waals surface area contributed by atoms with E-state index in [9.17, 15) is 13.6 Å². The number of hydrogen-bond acceptors (Lipinski definition) is 3. The molecule has 0 N–H and O–H groups in total. The first-order valence-corrected chi connectivity index (χ1v) is 4.97. The number of esters is 1. The summed E-state index contributed by atoms with van der Waals surface area (Å²) < 4.78 is 30.1. The Hall–Kier alpha value is -1.23. The van der Waals surface area contributed by atoms with Gasteiger partial charge in [-0.25, -0.2) is 13.6 Å². The van der Waals surface area contributed by atoms with Gasteiger partial charge in [0.15, 0.2) is 0 Å². The molecule has 88 valence electrons. The predicted octanol–water partition coefficient (Wildman–Crippen LogP) is 3.16. The Morgan fingerprint density at radius 3 is 2.75 bits per heavy atom. The Bertz CT molecular complexity index is 410. The van der Waals surface area contributed by atoms with Gasteiger partial charge >= 0.3 is 5.97 Å². The molecule has 1 rings (SSSR count). The number of hydrogen-bond donors (Lipinski definition) is 0. The standard InChI is InChI=1S/C10H10ClF2NO2/c1-3-16-10(15)6-4-14-5(2)8(11)7(6)9(12)13/h4,9H,3H2,1-2H3. The highest BCUT2D eigenvalue weighted by Crippen LogP contribution is 2.31. The largest absolute Gasteiger partial charge is 0.462 e. The van der Waals surface area contributed by atoms with E-state index >= 15 is 0 Å². The lowest BCUT2D eigenvalue weighted by Gasteiger charge is -2.10. The average molecular weight is 250 g/mol. The molecule has 6 heteroatoms. The molecule has 0 saturated carbocycles. The Morgan fingerprint density at radius 1 is 1.62 bits per heavy atom. The van der Waals surface area contributed by atoms with E-state index in [-0.39, 0.29) is 22.9 Å². The molecule has 0 aliphatic rings. The Morgan fingerprint density at radius 2 is 2.25 bits per heavy atom. The maximum atomic E-state index is 12.7. The van der Waals surface area contributed by atoms with E-state index in [1.165, 1.54) is 6.92 Å². The quantitative estimate of drug-likeness (QED) is 0.773. The van der Waals surface area contributed by atoms with Crippen LogP contribution < -0.4 is 0 Å². The van der Waals surface area contributed by atoms with Crippen molar-refractivity contribution in [1.82, 2.24) is 4.98 Å². The minimum absolute atomic E-state index is 0.104. The number of carbonyl (C=O) groups excluding carboxylic acids is 1. The molecule has 0 aliphatic carbocycles. The number of halogens is 3. The summed E-state index contributed by atoms with van der Waals surface area (Å²) in [6.07, 6.45) is -1.78. The van der Waals surface area contributed by atoms with E-state index in [1.807, 2.05) is 0 Å². The van der Waals surface area contributed by atoms with Gasteiger partial charge in [-0.1, -0.05) is 11.6 Å². The lowest BCUT2D eigenvalue weighted by atomic mass is 10.1. The van der Waals surface area contributed by atoms with E-state index in [2.05, 4.69) is 9.72 Å². The maximum Gasteiger partial charge on any atom is 0.340 e. The fraction of sp³-hybridized carbons (Fsp3) is 0.400. The van der Waals surface area contributed by atoms with Crippen LogP contribution in [0.2, 0.25) is 5.02 Å². The van der Waals surface area contributed by atoms with Crippen LogP contribution in [0.5, 0.6) is 0 Å². The number of nitrogens with zero attached hydrogens (tertiary/aromatic N) is 1. The van der Waals surface area contributed by atoms with Crippen molar-refractivity contribution in [3.8, 4) is 0 Å². The SMILES string of the molecule is CCOC(=O)c1cnc(C)c(Cl)c1C(F)F. The van der Waals surface area contributed by atoms with E-state index in [4.69, 9.17) is 11.6 Å². The topological polar surface area (TPSA) is 39.2 Å². The molecule has 0 amide bonds. The molecule has 3 nitrogen and oxygen atoms in total. The van der Waals surface area contributed by atoms with Crippen molar-refractivity contribution >= 4 is 17.6 Å². The summed E-state index contributed by atoms with van der Waals surface area (Å²) in [4.78, 5) is 15.1. The smallest absolute Gasteiger partial charge is 0.340 e. The second kappa shape index (κ2) is 5.21. The summed E-state index contributed by atoms with van der Waals surface area (Å²) in [5.41, 5.74) is -0.551. The second-order valence-electron chi connectivity index (χ2n) is 3.01. The van der Waals surface area contributed by atoms with Gasteiger partial charge in [0.05, 0.1) is 28.5 Å². The lowest BCUT2D eigenvalue weighted by molar-refractivity contribution is 0.0515. The van der Waals surface area contributed by atoms with Crippen molar-refractivity contribution < 1.29 is 18.3 Å². The molecule has 0 unspecified atom stereocenters. The number of ether oxygens (including phenoxy) is 1. The third-order valence-electron chi connectivity index (χ3n) is 1.95. The minimum Gasteiger partial charge on any atom is -0.462 e. The Balaban J connectivity index is 3.28. The fourth-order valence-corrected chi connectivity index (χ4v) is 1.42. The average Bonchev–Trinajstić information content (AvgIpc) is 2.21. The molecular weight excluding hydrogens is 240 g/mol. The third-order valence-corrected chi connectivity index (χ3v) is 2.42. The number of alkyl halides is 2. The number of aryl methyl sites for hydroxylation is 1. The van der Waals surface area contributed by atoms with Crippen LogP contribution in [0, 0.1) is 6.92 Å². The van der Waals surface area contributed by atoms with Gasteiger partial charge in [0.1, 0.15) is 0 Å². The van der Waals surface area contributed by atoms with Crippen molar-refractivity contribution in [3.05, 3.63) is 28.0 Å². The molecule has 16 heavy (non-hydrogen) atoms. The molecule has 1 aromatic rings. The summed E-state index contributed by atoms with van der Waals surface area (Å²) >= 11 is 5.69. The van der Waals surface area contributed by atoms with E-state index in [0.717, 1.165) is 6.20 Å². The molecule has 0 aliphatic heterocycles. The molecule has 0 fully saturated rings. The molecular formula is C10H10ClF2NO2. The molecule has 0 aromatic carbocycles. The van der Waals surface area contributed by atoms with Crippen LogP contribution in [0.15, 0.2) is 6.20 Å². The van der Waals surface area contributed by atoms with Gasteiger partial charge in [0.25, 0.3) is 6.43 Å². The lowest BCUT2D eigenvalue weighted by Crippen LogP contribution is -2.10. The molecule has 0 atom stereocenters. The number of pyridine rings is 1. The Labute approximate surface area is 96.4 Å². The van der Waals surface area contributed by atoms with Gasteiger partial charge in [-0.3, -0.25) is 4.98 Å². The van der Waals surface area contributed by atoms with Gasteiger partial charge in [-0.2, -0.15) is 0 Å². The highest BCUT2D eigenvalue weighted by atomic mass is 35.5. The zero-order valence-corrected chi connectivity index (χ0v) is 9.52. The summed E-state index contributed by atoms with van der Waals surface area (Å²) in [5.74, 6) is -0.841. The van der Waals surface area contributed by atoms with Crippen LogP contribution in [-0.2, 0) is 4.74 Å².